The number of likely N-dealkylation sites (tertiary alicyclic amines) is 1. The molecule has 0 bridgehead atoms. The van der Waals surface area contributed by atoms with E-state index in [-0.39, 0.29) is 5.91 Å². The van der Waals surface area contributed by atoms with Crippen LogP contribution in [0.2, 0.25) is 0 Å². The molecular formula is C14H27N3O. The van der Waals surface area contributed by atoms with E-state index in [2.05, 4.69) is 24.1 Å². The normalized spacial score (nSPS) is 37.6. The molecule has 2 fully saturated rings. The van der Waals surface area contributed by atoms with Gasteiger partial charge in [-0.05, 0) is 51.1 Å². The Kier molecular flexibility index (Phi) is 3.97. The molecule has 0 aromatic carbocycles. The molecule has 18 heavy (non-hydrogen) atoms. The summed E-state index contributed by atoms with van der Waals surface area (Å²) >= 11 is 0. The summed E-state index contributed by atoms with van der Waals surface area (Å²) in [5, 5.41) is 3.16. The van der Waals surface area contributed by atoms with Crippen LogP contribution >= 0.6 is 0 Å². The number of amides is 1. The summed E-state index contributed by atoms with van der Waals surface area (Å²) in [7, 11) is 1.86. The van der Waals surface area contributed by atoms with Crippen LogP contribution in [0.5, 0.6) is 0 Å². The minimum Gasteiger partial charge on any atom is -0.368 e. The highest BCUT2D eigenvalue weighted by Crippen LogP contribution is 2.36. The third-order valence-corrected chi connectivity index (χ3v) is 5.15. The highest BCUT2D eigenvalue weighted by molar-refractivity contribution is 5.85. The molecule has 1 aliphatic carbocycles. The minimum absolute atomic E-state index is 0.188. The lowest BCUT2D eigenvalue weighted by atomic mass is 9.95. The van der Waals surface area contributed by atoms with Crippen molar-refractivity contribution >= 4 is 5.91 Å². The molecule has 1 saturated carbocycles. The summed E-state index contributed by atoms with van der Waals surface area (Å²) in [6.07, 6.45) is 4.15. The molecule has 0 spiro atoms. The van der Waals surface area contributed by atoms with Crippen LogP contribution in [-0.4, -0.2) is 42.5 Å². The maximum Gasteiger partial charge on any atom is 0.237 e. The van der Waals surface area contributed by atoms with Gasteiger partial charge in [-0.1, -0.05) is 13.8 Å². The highest BCUT2D eigenvalue weighted by atomic mass is 16.1. The fourth-order valence-corrected chi connectivity index (χ4v) is 3.60. The SMILES string of the molecule is CNC1(C(N)=O)CCC(N2CCC(C(C)C)C2)C1. The maximum absolute atomic E-state index is 11.6. The van der Waals surface area contributed by atoms with Crippen LogP contribution in [0.4, 0.5) is 0 Å². The predicted octanol–water partition coefficient (Wildman–Crippen LogP) is 0.960. The summed E-state index contributed by atoms with van der Waals surface area (Å²) in [6.45, 7) is 7.00. The molecule has 0 radical (unpaired) electrons. The summed E-state index contributed by atoms with van der Waals surface area (Å²) in [5.74, 6) is 1.40. The zero-order valence-corrected chi connectivity index (χ0v) is 11.9. The monoisotopic (exact) mass is 253 g/mol. The number of hydrogen-bond donors (Lipinski definition) is 2. The van der Waals surface area contributed by atoms with Crippen LogP contribution in [0.1, 0.15) is 39.5 Å². The van der Waals surface area contributed by atoms with Crippen molar-refractivity contribution in [2.75, 3.05) is 20.1 Å². The lowest BCUT2D eigenvalue weighted by Crippen LogP contribution is -2.53. The molecule has 3 atom stereocenters. The zero-order valence-electron chi connectivity index (χ0n) is 11.9. The van der Waals surface area contributed by atoms with Gasteiger partial charge in [0, 0.05) is 12.6 Å². The first-order chi connectivity index (χ1) is 8.48. The molecule has 1 aliphatic heterocycles. The largest absolute Gasteiger partial charge is 0.368 e. The fraction of sp³-hybridized carbons (Fsp3) is 0.929. The number of primary amides is 1. The molecule has 1 amide bonds. The van der Waals surface area contributed by atoms with Crippen molar-refractivity contribution in [2.24, 2.45) is 17.6 Å². The molecular weight excluding hydrogens is 226 g/mol. The molecule has 3 unspecified atom stereocenters. The lowest BCUT2D eigenvalue weighted by molar-refractivity contribution is -0.124. The number of carbonyl (C=O) groups is 1. The number of nitrogens with two attached hydrogens (primary N) is 1. The standard InChI is InChI=1S/C14H27N3O/c1-10(2)11-5-7-17(9-11)12-4-6-14(8-12,16-3)13(15)18/h10-12,16H,4-9H2,1-3H3,(H2,15,18). The highest BCUT2D eigenvalue weighted by Gasteiger charge is 2.45. The second-order valence-corrected chi connectivity index (χ2v) is 6.38. The van der Waals surface area contributed by atoms with E-state index in [1.165, 1.54) is 19.5 Å². The molecule has 3 N–H and O–H groups in total. The Morgan fingerprint density at radius 2 is 2.17 bits per heavy atom. The number of carbonyl (C=O) groups excluding carboxylic acids is 1. The topological polar surface area (TPSA) is 58.4 Å². The van der Waals surface area contributed by atoms with Gasteiger partial charge in [-0.25, -0.2) is 0 Å². The number of nitrogens with one attached hydrogen (secondary N) is 1. The maximum atomic E-state index is 11.6. The summed E-state index contributed by atoms with van der Waals surface area (Å²) in [6, 6.07) is 0.536. The van der Waals surface area contributed by atoms with E-state index in [0.717, 1.165) is 31.1 Å². The Bertz CT molecular complexity index is 318. The minimum atomic E-state index is -0.458. The van der Waals surface area contributed by atoms with E-state index in [0.29, 0.717) is 6.04 Å². The number of likely N-dealkylation sites (N-methyl/N-ethyl adjacent to an activating group) is 1. The Morgan fingerprint density at radius 1 is 1.44 bits per heavy atom. The van der Waals surface area contributed by atoms with Crippen LogP contribution in [0.3, 0.4) is 0 Å². The fourth-order valence-electron chi connectivity index (χ4n) is 3.60. The summed E-state index contributed by atoms with van der Waals surface area (Å²) in [4.78, 5) is 14.2. The Labute approximate surface area is 110 Å². The molecule has 4 nitrogen and oxygen atoms in total. The van der Waals surface area contributed by atoms with Gasteiger partial charge in [0.05, 0.1) is 5.54 Å². The Morgan fingerprint density at radius 3 is 2.61 bits per heavy atom. The zero-order chi connectivity index (χ0) is 13.3. The van der Waals surface area contributed by atoms with Gasteiger partial charge in [0.25, 0.3) is 0 Å². The molecule has 0 aromatic heterocycles. The molecule has 4 heteroatoms. The van der Waals surface area contributed by atoms with Crippen molar-refractivity contribution in [3.8, 4) is 0 Å². The molecule has 2 aliphatic rings. The van der Waals surface area contributed by atoms with Gasteiger partial charge in [0.15, 0.2) is 0 Å². The molecule has 2 rings (SSSR count). The third kappa shape index (κ3) is 2.41. The van der Waals surface area contributed by atoms with E-state index in [1.807, 2.05) is 7.05 Å². The van der Waals surface area contributed by atoms with Crippen molar-refractivity contribution in [1.82, 2.24) is 10.2 Å². The van der Waals surface area contributed by atoms with Gasteiger partial charge >= 0.3 is 0 Å². The average Bonchev–Trinajstić information content (AvgIpc) is 2.96. The van der Waals surface area contributed by atoms with Crippen molar-refractivity contribution in [1.29, 1.82) is 0 Å². The smallest absolute Gasteiger partial charge is 0.237 e. The molecule has 0 aromatic rings. The third-order valence-electron chi connectivity index (χ3n) is 5.15. The van der Waals surface area contributed by atoms with Gasteiger partial charge in [0.2, 0.25) is 5.91 Å². The molecule has 1 heterocycles. The number of hydrogen-bond acceptors (Lipinski definition) is 3. The predicted molar refractivity (Wildman–Crippen MR) is 73.1 cm³/mol. The van der Waals surface area contributed by atoms with E-state index >= 15 is 0 Å². The van der Waals surface area contributed by atoms with E-state index < -0.39 is 5.54 Å². The van der Waals surface area contributed by atoms with Crippen molar-refractivity contribution < 1.29 is 4.79 Å². The van der Waals surface area contributed by atoms with E-state index in [1.54, 1.807) is 0 Å². The van der Waals surface area contributed by atoms with Gasteiger partial charge in [-0.2, -0.15) is 0 Å². The molecule has 1 saturated heterocycles. The summed E-state index contributed by atoms with van der Waals surface area (Å²) < 4.78 is 0. The number of nitrogens with zero attached hydrogens (tertiary/aromatic N) is 1. The van der Waals surface area contributed by atoms with Crippen LogP contribution in [-0.2, 0) is 4.79 Å². The number of rotatable bonds is 4. The van der Waals surface area contributed by atoms with Crippen LogP contribution in [0, 0.1) is 11.8 Å². The van der Waals surface area contributed by atoms with Crippen molar-refractivity contribution in [2.45, 2.75) is 51.1 Å². The van der Waals surface area contributed by atoms with Crippen LogP contribution < -0.4 is 11.1 Å². The Balaban J connectivity index is 1.96. The second kappa shape index (κ2) is 5.17. The van der Waals surface area contributed by atoms with Crippen LogP contribution in [0.15, 0.2) is 0 Å². The molecule has 104 valence electrons. The second-order valence-electron chi connectivity index (χ2n) is 6.38. The van der Waals surface area contributed by atoms with Gasteiger partial charge in [0.1, 0.15) is 0 Å². The first-order valence-electron chi connectivity index (χ1n) is 7.21. The Hall–Kier alpha value is -0.610. The first-order valence-corrected chi connectivity index (χ1v) is 7.21. The van der Waals surface area contributed by atoms with Crippen molar-refractivity contribution in [3.05, 3.63) is 0 Å². The quantitative estimate of drug-likeness (QED) is 0.784. The van der Waals surface area contributed by atoms with Gasteiger partial charge < -0.3 is 16.0 Å². The van der Waals surface area contributed by atoms with Crippen molar-refractivity contribution in [3.63, 3.8) is 0 Å². The van der Waals surface area contributed by atoms with E-state index in [9.17, 15) is 4.79 Å². The van der Waals surface area contributed by atoms with Gasteiger partial charge in [-0.3, -0.25) is 4.79 Å². The van der Waals surface area contributed by atoms with Gasteiger partial charge in [-0.15, -0.1) is 0 Å². The lowest BCUT2D eigenvalue weighted by Gasteiger charge is -2.28. The van der Waals surface area contributed by atoms with E-state index in [4.69, 9.17) is 5.73 Å². The summed E-state index contributed by atoms with van der Waals surface area (Å²) in [5.41, 5.74) is 5.10. The average molecular weight is 253 g/mol. The first kappa shape index (κ1) is 13.8. The van der Waals surface area contributed by atoms with Crippen LogP contribution in [0.25, 0.3) is 0 Å².